The normalized spacial score (nSPS) is 16.7. The fraction of sp³-hybridized carbons (Fsp3) is 0.364. The lowest BCUT2D eigenvalue weighted by Gasteiger charge is -2.17. The van der Waals surface area contributed by atoms with E-state index in [0.29, 0.717) is 18.8 Å². The van der Waals surface area contributed by atoms with Crippen LogP contribution in [-0.4, -0.2) is 43.0 Å². The number of urea groups is 1. The third kappa shape index (κ3) is 6.71. The highest BCUT2D eigenvalue weighted by atomic mass is 19.4. The van der Waals surface area contributed by atoms with E-state index >= 15 is 0 Å². The molecule has 2 aromatic carbocycles. The maximum atomic E-state index is 12.7. The molecule has 1 aliphatic rings. The van der Waals surface area contributed by atoms with Gasteiger partial charge in [-0.1, -0.05) is 24.3 Å². The van der Waals surface area contributed by atoms with Crippen LogP contribution in [0.3, 0.4) is 0 Å². The highest BCUT2D eigenvalue weighted by Crippen LogP contribution is 2.29. The number of rotatable bonds is 6. The smallest absolute Gasteiger partial charge is 0.359 e. The number of benzene rings is 2. The van der Waals surface area contributed by atoms with E-state index in [-0.39, 0.29) is 24.4 Å². The first-order valence-electron chi connectivity index (χ1n) is 9.98. The van der Waals surface area contributed by atoms with Crippen molar-refractivity contribution in [3.05, 3.63) is 65.2 Å². The van der Waals surface area contributed by atoms with Crippen LogP contribution in [0, 0.1) is 0 Å². The molecule has 2 aromatic rings. The van der Waals surface area contributed by atoms with E-state index in [1.807, 2.05) is 0 Å². The van der Waals surface area contributed by atoms with Gasteiger partial charge in [0, 0.05) is 38.4 Å². The van der Waals surface area contributed by atoms with E-state index in [4.69, 9.17) is 0 Å². The number of alkyl halides is 3. The standard InChI is InChI=1S/C22H25F3N4O2/c1-26-20(30)12-15-4-8-18(9-5-15)27-21(31)28-19-10-11-29(14-19)13-16-2-6-17(7-3-16)22(23,24)25/h2-9,19H,10-14H2,1H3,(H,26,30)(H2,27,28,31). The van der Waals surface area contributed by atoms with Crippen LogP contribution in [0.2, 0.25) is 0 Å². The molecule has 1 aliphatic heterocycles. The van der Waals surface area contributed by atoms with Gasteiger partial charge < -0.3 is 16.0 Å². The van der Waals surface area contributed by atoms with Crippen LogP contribution in [0.15, 0.2) is 48.5 Å². The number of likely N-dealkylation sites (tertiary alicyclic amines) is 1. The monoisotopic (exact) mass is 434 g/mol. The Hall–Kier alpha value is -3.07. The van der Waals surface area contributed by atoms with Gasteiger partial charge in [-0.25, -0.2) is 4.79 Å². The van der Waals surface area contributed by atoms with Gasteiger partial charge in [0.15, 0.2) is 0 Å². The molecule has 1 saturated heterocycles. The van der Waals surface area contributed by atoms with E-state index in [0.717, 1.165) is 36.2 Å². The van der Waals surface area contributed by atoms with Gasteiger partial charge in [0.25, 0.3) is 0 Å². The fourth-order valence-electron chi connectivity index (χ4n) is 3.48. The van der Waals surface area contributed by atoms with E-state index in [9.17, 15) is 22.8 Å². The third-order valence-electron chi connectivity index (χ3n) is 5.15. The summed E-state index contributed by atoms with van der Waals surface area (Å²) in [5.41, 5.74) is 1.61. The zero-order chi connectivity index (χ0) is 22.4. The van der Waals surface area contributed by atoms with E-state index < -0.39 is 11.7 Å². The Kier molecular flexibility index (Phi) is 7.17. The summed E-state index contributed by atoms with van der Waals surface area (Å²) in [5.74, 6) is -0.0828. The minimum atomic E-state index is -4.33. The van der Waals surface area contributed by atoms with Gasteiger partial charge >= 0.3 is 12.2 Å². The summed E-state index contributed by atoms with van der Waals surface area (Å²) in [6, 6.07) is 11.9. The molecule has 0 spiro atoms. The maximum Gasteiger partial charge on any atom is 0.416 e. The van der Waals surface area contributed by atoms with E-state index in [2.05, 4.69) is 20.9 Å². The maximum absolute atomic E-state index is 12.7. The Balaban J connectivity index is 1.44. The number of hydrogen-bond acceptors (Lipinski definition) is 3. The van der Waals surface area contributed by atoms with Gasteiger partial charge in [0.2, 0.25) is 5.91 Å². The number of anilines is 1. The minimum Gasteiger partial charge on any atom is -0.359 e. The van der Waals surface area contributed by atoms with Crippen LogP contribution in [-0.2, 0) is 23.9 Å². The van der Waals surface area contributed by atoms with E-state index in [1.165, 1.54) is 12.1 Å². The van der Waals surface area contributed by atoms with Crippen LogP contribution >= 0.6 is 0 Å². The average Bonchev–Trinajstić information content (AvgIpc) is 3.15. The summed E-state index contributed by atoms with van der Waals surface area (Å²) >= 11 is 0. The number of hydrogen-bond donors (Lipinski definition) is 3. The van der Waals surface area contributed by atoms with Crippen molar-refractivity contribution in [2.45, 2.75) is 31.6 Å². The van der Waals surface area contributed by atoms with Crippen molar-refractivity contribution in [1.29, 1.82) is 0 Å². The molecule has 6 nitrogen and oxygen atoms in total. The van der Waals surface area contributed by atoms with Crippen LogP contribution in [0.4, 0.5) is 23.7 Å². The van der Waals surface area contributed by atoms with Gasteiger partial charge in [0.1, 0.15) is 0 Å². The van der Waals surface area contributed by atoms with Crippen LogP contribution in [0.25, 0.3) is 0 Å². The Morgan fingerprint density at radius 1 is 1.03 bits per heavy atom. The molecule has 1 heterocycles. The quantitative estimate of drug-likeness (QED) is 0.653. The summed E-state index contributed by atoms with van der Waals surface area (Å²) in [7, 11) is 1.58. The molecule has 0 saturated carbocycles. The molecule has 3 rings (SSSR count). The second-order valence-electron chi connectivity index (χ2n) is 7.56. The van der Waals surface area contributed by atoms with Crippen molar-refractivity contribution in [2.75, 3.05) is 25.5 Å². The number of likely N-dealkylation sites (N-methyl/N-ethyl adjacent to an activating group) is 1. The molecule has 0 radical (unpaired) electrons. The predicted molar refractivity (Wildman–Crippen MR) is 111 cm³/mol. The van der Waals surface area contributed by atoms with Gasteiger partial charge in [-0.3, -0.25) is 9.69 Å². The minimum absolute atomic E-state index is 0.0398. The highest BCUT2D eigenvalue weighted by Gasteiger charge is 2.30. The average molecular weight is 434 g/mol. The van der Waals surface area contributed by atoms with Crippen molar-refractivity contribution >= 4 is 17.6 Å². The molecule has 9 heteroatoms. The second-order valence-corrected chi connectivity index (χ2v) is 7.56. The Morgan fingerprint density at radius 2 is 1.68 bits per heavy atom. The van der Waals surface area contributed by atoms with Crippen LogP contribution < -0.4 is 16.0 Å². The summed E-state index contributed by atoms with van der Waals surface area (Å²) in [5, 5.41) is 8.26. The number of amides is 3. The van der Waals surface area contributed by atoms with Crippen LogP contribution in [0.1, 0.15) is 23.1 Å². The van der Waals surface area contributed by atoms with Gasteiger partial charge in [-0.05, 0) is 41.8 Å². The van der Waals surface area contributed by atoms with Crippen molar-refractivity contribution < 1.29 is 22.8 Å². The Bertz CT molecular complexity index is 898. The zero-order valence-electron chi connectivity index (χ0n) is 17.1. The second kappa shape index (κ2) is 9.82. The lowest BCUT2D eigenvalue weighted by atomic mass is 10.1. The first-order valence-corrected chi connectivity index (χ1v) is 9.98. The molecule has 1 fully saturated rings. The van der Waals surface area contributed by atoms with Gasteiger partial charge in [0.05, 0.1) is 12.0 Å². The first kappa shape index (κ1) is 22.6. The lowest BCUT2D eigenvalue weighted by Crippen LogP contribution is -2.39. The SMILES string of the molecule is CNC(=O)Cc1ccc(NC(=O)NC2CCN(Cc3ccc(C(F)(F)F)cc3)C2)cc1. The topological polar surface area (TPSA) is 73.5 Å². The molecular formula is C22H25F3N4O2. The molecule has 0 aliphatic carbocycles. The predicted octanol–water partition coefficient (Wildman–Crippen LogP) is 3.39. The number of halogens is 3. The number of carbonyl (C=O) groups excluding carboxylic acids is 2. The Labute approximate surface area is 178 Å². The molecule has 1 unspecified atom stereocenters. The summed E-state index contributed by atoms with van der Waals surface area (Å²) in [6.07, 6.45) is -3.29. The fourth-order valence-corrected chi connectivity index (χ4v) is 3.48. The van der Waals surface area contributed by atoms with Crippen molar-refractivity contribution in [3.8, 4) is 0 Å². The molecular weight excluding hydrogens is 409 g/mol. The highest BCUT2D eigenvalue weighted by molar-refractivity contribution is 5.89. The summed E-state index contributed by atoms with van der Waals surface area (Å²) in [4.78, 5) is 25.8. The molecule has 0 bridgehead atoms. The molecule has 0 aromatic heterocycles. The first-order chi connectivity index (χ1) is 14.7. The van der Waals surface area contributed by atoms with Crippen molar-refractivity contribution in [1.82, 2.24) is 15.5 Å². The number of carbonyl (C=O) groups is 2. The molecule has 166 valence electrons. The zero-order valence-corrected chi connectivity index (χ0v) is 17.1. The molecule has 3 N–H and O–H groups in total. The summed E-state index contributed by atoms with van der Waals surface area (Å²) < 4.78 is 38.0. The molecule has 1 atom stereocenters. The molecule has 31 heavy (non-hydrogen) atoms. The van der Waals surface area contributed by atoms with Gasteiger partial charge in [-0.15, -0.1) is 0 Å². The number of nitrogens with zero attached hydrogens (tertiary/aromatic N) is 1. The van der Waals surface area contributed by atoms with Crippen molar-refractivity contribution in [3.63, 3.8) is 0 Å². The summed E-state index contributed by atoms with van der Waals surface area (Å²) in [6.45, 7) is 1.91. The number of nitrogens with one attached hydrogen (secondary N) is 3. The largest absolute Gasteiger partial charge is 0.416 e. The lowest BCUT2D eigenvalue weighted by molar-refractivity contribution is -0.137. The van der Waals surface area contributed by atoms with Crippen LogP contribution in [0.5, 0.6) is 0 Å². The molecule has 3 amide bonds. The third-order valence-corrected chi connectivity index (χ3v) is 5.15. The van der Waals surface area contributed by atoms with Crippen molar-refractivity contribution in [2.24, 2.45) is 0 Å². The van der Waals surface area contributed by atoms with Gasteiger partial charge in [-0.2, -0.15) is 13.2 Å². The van der Waals surface area contributed by atoms with E-state index in [1.54, 1.807) is 31.3 Å². The Morgan fingerprint density at radius 3 is 2.29 bits per heavy atom.